The van der Waals surface area contributed by atoms with Gasteiger partial charge in [-0.25, -0.2) is 0 Å². The fourth-order valence-corrected chi connectivity index (χ4v) is 1.81. The Morgan fingerprint density at radius 1 is 1.39 bits per heavy atom. The number of nitrogens with zero attached hydrogens (tertiary/aromatic N) is 1. The van der Waals surface area contributed by atoms with Crippen molar-refractivity contribution in [3.8, 4) is 0 Å². The zero-order valence-corrected chi connectivity index (χ0v) is 9.73. The van der Waals surface area contributed by atoms with Gasteiger partial charge in [-0.3, -0.25) is 9.89 Å². The number of carbonyl (C=O) groups excluding carboxylic acids is 1. The monoisotopic (exact) mass is 241 g/mol. The number of amides is 1. The summed E-state index contributed by atoms with van der Waals surface area (Å²) in [4.78, 5) is 11.9. The second-order valence-corrected chi connectivity index (χ2v) is 4.06. The SMILES string of the molecule is Cc1ccoc1C(=O)Nc1ccc2[nH]ncc2c1. The van der Waals surface area contributed by atoms with Gasteiger partial charge in [0.05, 0.1) is 18.0 Å². The Labute approximate surface area is 103 Å². The van der Waals surface area contributed by atoms with Gasteiger partial charge in [0.1, 0.15) is 0 Å². The number of aryl methyl sites for hydroxylation is 1. The number of anilines is 1. The lowest BCUT2D eigenvalue weighted by molar-refractivity contribution is 0.0996. The van der Waals surface area contributed by atoms with Crippen LogP contribution in [0.2, 0.25) is 0 Å². The van der Waals surface area contributed by atoms with Crippen molar-refractivity contribution < 1.29 is 9.21 Å². The Kier molecular flexibility index (Phi) is 2.37. The highest BCUT2D eigenvalue weighted by Crippen LogP contribution is 2.18. The molecule has 18 heavy (non-hydrogen) atoms. The smallest absolute Gasteiger partial charge is 0.291 e. The number of hydrogen-bond acceptors (Lipinski definition) is 3. The fraction of sp³-hybridized carbons (Fsp3) is 0.0769. The van der Waals surface area contributed by atoms with Gasteiger partial charge in [0.25, 0.3) is 5.91 Å². The molecule has 0 saturated heterocycles. The van der Waals surface area contributed by atoms with Crippen molar-refractivity contribution in [2.75, 3.05) is 5.32 Å². The van der Waals surface area contributed by atoms with Crippen LogP contribution in [-0.4, -0.2) is 16.1 Å². The Bertz CT molecular complexity index is 712. The van der Waals surface area contributed by atoms with E-state index in [1.54, 1.807) is 12.3 Å². The zero-order chi connectivity index (χ0) is 12.5. The number of aromatic nitrogens is 2. The maximum atomic E-state index is 11.9. The number of rotatable bonds is 2. The van der Waals surface area contributed by atoms with Crippen LogP contribution in [0.1, 0.15) is 16.1 Å². The van der Waals surface area contributed by atoms with Gasteiger partial charge < -0.3 is 9.73 Å². The van der Waals surface area contributed by atoms with Crippen LogP contribution in [-0.2, 0) is 0 Å². The first-order chi connectivity index (χ1) is 8.74. The molecule has 0 spiro atoms. The van der Waals surface area contributed by atoms with Crippen LogP contribution >= 0.6 is 0 Å². The lowest BCUT2D eigenvalue weighted by Crippen LogP contribution is -2.11. The van der Waals surface area contributed by atoms with Crippen LogP contribution in [0, 0.1) is 6.92 Å². The summed E-state index contributed by atoms with van der Waals surface area (Å²) in [5.41, 5.74) is 2.46. The first-order valence-electron chi connectivity index (χ1n) is 5.52. The predicted octanol–water partition coefficient (Wildman–Crippen LogP) is 2.72. The molecule has 0 saturated carbocycles. The molecule has 0 aliphatic heterocycles. The third-order valence-electron chi connectivity index (χ3n) is 2.77. The lowest BCUT2D eigenvalue weighted by atomic mass is 10.2. The van der Waals surface area contributed by atoms with Gasteiger partial charge in [-0.05, 0) is 31.2 Å². The van der Waals surface area contributed by atoms with Crippen LogP contribution in [0.25, 0.3) is 10.9 Å². The molecule has 0 bridgehead atoms. The molecule has 0 aliphatic carbocycles. The number of fused-ring (bicyclic) bond motifs is 1. The van der Waals surface area contributed by atoms with Gasteiger partial charge >= 0.3 is 0 Å². The van der Waals surface area contributed by atoms with E-state index in [0.717, 1.165) is 16.5 Å². The molecule has 0 atom stereocenters. The normalized spacial score (nSPS) is 10.7. The Balaban J connectivity index is 1.88. The molecule has 2 aromatic heterocycles. The molecule has 0 radical (unpaired) electrons. The Hall–Kier alpha value is -2.56. The van der Waals surface area contributed by atoms with Crippen molar-refractivity contribution in [3.63, 3.8) is 0 Å². The Morgan fingerprint density at radius 3 is 3.06 bits per heavy atom. The van der Waals surface area contributed by atoms with Crippen molar-refractivity contribution in [2.45, 2.75) is 6.92 Å². The first-order valence-corrected chi connectivity index (χ1v) is 5.52. The van der Waals surface area contributed by atoms with Crippen molar-refractivity contribution in [2.24, 2.45) is 0 Å². The molecule has 0 aliphatic rings. The second-order valence-electron chi connectivity index (χ2n) is 4.06. The molecule has 3 rings (SSSR count). The van der Waals surface area contributed by atoms with E-state index < -0.39 is 0 Å². The quantitative estimate of drug-likeness (QED) is 0.724. The third kappa shape index (κ3) is 1.75. The largest absolute Gasteiger partial charge is 0.459 e. The number of furan rings is 1. The summed E-state index contributed by atoms with van der Waals surface area (Å²) in [5, 5.41) is 10.5. The number of aromatic amines is 1. The van der Waals surface area contributed by atoms with E-state index in [9.17, 15) is 4.79 Å². The fourth-order valence-electron chi connectivity index (χ4n) is 1.81. The molecule has 5 nitrogen and oxygen atoms in total. The topological polar surface area (TPSA) is 70.9 Å². The maximum absolute atomic E-state index is 11.9. The molecule has 0 fully saturated rings. The van der Waals surface area contributed by atoms with Crippen molar-refractivity contribution in [1.82, 2.24) is 10.2 Å². The number of carbonyl (C=O) groups is 1. The van der Waals surface area contributed by atoms with Crippen LogP contribution in [0.5, 0.6) is 0 Å². The zero-order valence-electron chi connectivity index (χ0n) is 9.73. The van der Waals surface area contributed by atoms with Gasteiger partial charge in [-0.15, -0.1) is 0 Å². The summed E-state index contributed by atoms with van der Waals surface area (Å²) < 4.78 is 5.14. The minimum atomic E-state index is -0.250. The lowest BCUT2D eigenvalue weighted by Gasteiger charge is -2.03. The van der Waals surface area contributed by atoms with Crippen LogP contribution in [0.15, 0.2) is 41.1 Å². The second kappa shape index (κ2) is 4.03. The third-order valence-corrected chi connectivity index (χ3v) is 2.77. The van der Waals surface area contributed by atoms with Gasteiger partial charge in [0.15, 0.2) is 5.76 Å². The average Bonchev–Trinajstić information content (AvgIpc) is 2.96. The number of nitrogens with one attached hydrogen (secondary N) is 2. The van der Waals surface area contributed by atoms with Crippen molar-refractivity contribution in [1.29, 1.82) is 0 Å². The van der Waals surface area contributed by atoms with E-state index in [0.29, 0.717) is 11.4 Å². The molecular weight excluding hydrogens is 230 g/mol. The van der Waals surface area contributed by atoms with Gasteiger partial charge in [-0.1, -0.05) is 0 Å². The van der Waals surface area contributed by atoms with E-state index in [-0.39, 0.29) is 5.91 Å². The summed E-state index contributed by atoms with van der Waals surface area (Å²) in [5.74, 6) is 0.0858. The van der Waals surface area contributed by atoms with E-state index in [1.165, 1.54) is 6.26 Å². The summed E-state index contributed by atoms with van der Waals surface area (Å²) in [6.07, 6.45) is 3.21. The number of benzene rings is 1. The van der Waals surface area contributed by atoms with Crippen LogP contribution < -0.4 is 5.32 Å². The molecular formula is C13H11N3O2. The van der Waals surface area contributed by atoms with Gasteiger partial charge in [0, 0.05) is 16.6 Å². The first kappa shape index (κ1) is 10.6. The number of H-pyrrole nitrogens is 1. The minimum Gasteiger partial charge on any atom is -0.459 e. The molecule has 1 aromatic carbocycles. The maximum Gasteiger partial charge on any atom is 0.291 e. The van der Waals surface area contributed by atoms with Gasteiger partial charge in [-0.2, -0.15) is 5.10 Å². The number of hydrogen-bond donors (Lipinski definition) is 2. The molecule has 5 heteroatoms. The highest BCUT2D eigenvalue weighted by atomic mass is 16.3. The highest BCUT2D eigenvalue weighted by Gasteiger charge is 2.12. The molecule has 3 aromatic rings. The van der Waals surface area contributed by atoms with E-state index in [1.807, 2.05) is 25.1 Å². The standard InChI is InChI=1S/C13H11N3O2/c1-8-4-5-18-12(8)13(17)15-10-2-3-11-9(6-10)7-14-16-11/h2-7H,1H3,(H,14,16)(H,15,17). The molecule has 2 heterocycles. The summed E-state index contributed by atoms with van der Waals surface area (Å²) >= 11 is 0. The predicted molar refractivity (Wildman–Crippen MR) is 67.5 cm³/mol. The minimum absolute atomic E-state index is 0.250. The highest BCUT2D eigenvalue weighted by molar-refractivity contribution is 6.04. The van der Waals surface area contributed by atoms with Crippen molar-refractivity contribution >= 4 is 22.5 Å². The average molecular weight is 241 g/mol. The molecule has 90 valence electrons. The molecule has 1 amide bonds. The van der Waals surface area contributed by atoms with Crippen LogP contribution in [0.3, 0.4) is 0 Å². The van der Waals surface area contributed by atoms with E-state index >= 15 is 0 Å². The van der Waals surface area contributed by atoms with Gasteiger partial charge in [0.2, 0.25) is 0 Å². The summed E-state index contributed by atoms with van der Waals surface area (Å²) in [6, 6.07) is 7.30. The van der Waals surface area contributed by atoms with E-state index in [4.69, 9.17) is 4.42 Å². The van der Waals surface area contributed by atoms with Crippen molar-refractivity contribution in [3.05, 3.63) is 48.0 Å². The molecule has 0 unspecified atom stereocenters. The summed E-state index contributed by atoms with van der Waals surface area (Å²) in [7, 11) is 0. The molecule has 2 N–H and O–H groups in total. The summed E-state index contributed by atoms with van der Waals surface area (Å²) in [6.45, 7) is 1.83. The van der Waals surface area contributed by atoms with E-state index in [2.05, 4.69) is 15.5 Å². The Morgan fingerprint density at radius 2 is 2.28 bits per heavy atom. The van der Waals surface area contributed by atoms with Crippen LogP contribution in [0.4, 0.5) is 5.69 Å².